The van der Waals surface area contributed by atoms with Crippen molar-refractivity contribution in [2.75, 3.05) is 13.1 Å². The summed E-state index contributed by atoms with van der Waals surface area (Å²) < 4.78 is 0. The molecule has 1 saturated carbocycles. The fourth-order valence-electron chi connectivity index (χ4n) is 4.28. The fourth-order valence-corrected chi connectivity index (χ4v) is 4.28. The summed E-state index contributed by atoms with van der Waals surface area (Å²) in [5.41, 5.74) is 0.454. The SMILES string of the molecule is CC(C)N1CC2CC(C1)N2C(=O)C1CCC(C)(C)CC1. The molecule has 2 unspecified atom stereocenters. The Labute approximate surface area is 123 Å². The molecule has 3 heteroatoms. The minimum absolute atomic E-state index is 0.318. The predicted molar refractivity (Wildman–Crippen MR) is 81.5 cm³/mol. The molecule has 0 spiro atoms. The van der Waals surface area contributed by atoms with Crippen molar-refractivity contribution in [3.8, 4) is 0 Å². The van der Waals surface area contributed by atoms with Crippen LogP contribution in [0.5, 0.6) is 0 Å². The Bertz CT molecular complexity index is 368. The summed E-state index contributed by atoms with van der Waals surface area (Å²) in [5, 5.41) is 0. The first-order chi connectivity index (χ1) is 9.37. The second-order valence-corrected chi connectivity index (χ2v) is 8.27. The third-order valence-corrected chi connectivity index (χ3v) is 5.89. The van der Waals surface area contributed by atoms with E-state index in [4.69, 9.17) is 0 Å². The van der Waals surface area contributed by atoms with Gasteiger partial charge >= 0.3 is 0 Å². The zero-order valence-corrected chi connectivity index (χ0v) is 13.6. The molecule has 0 N–H and O–H groups in total. The fraction of sp³-hybridized carbons (Fsp3) is 0.941. The van der Waals surface area contributed by atoms with Crippen molar-refractivity contribution in [2.24, 2.45) is 11.3 Å². The van der Waals surface area contributed by atoms with Gasteiger partial charge in [-0.05, 0) is 51.4 Å². The molecule has 4 fully saturated rings. The Morgan fingerprint density at radius 2 is 1.65 bits per heavy atom. The molecule has 2 bridgehead atoms. The van der Waals surface area contributed by atoms with Crippen LogP contribution in [0.25, 0.3) is 0 Å². The highest BCUT2D eigenvalue weighted by molar-refractivity contribution is 5.80. The van der Waals surface area contributed by atoms with Crippen molar-refractivity contribution in [3.05, 3.63) is 0 Å². The lowest BCUT2D eigenvalue weighted by Crippen LogP contribution is -2.71. The second-order valence-electron chi connectivity index (χ2n) is 8.27. The van der Waals surface area contributed by atoms with E-state index in [1.165, 1.54) is 19.3 Å². The first-order valence-corrected chi connectivity index (χ1v) is 8.43. The van der Waals surface area contributed by atoms with Gasteiger partial charge in [0.2, 0.25) is 5.91 Å². The lowest BCUT2D eigenvalue weighted by atomic mass is 9.72. The monoisotopic (exact) mass is 278 g/mol. The summed E-state index contributed by atoms with van der Waals surface area (Å²) in [6.45, 7) is 11.4. The molecular formula is C17H30N2O. The van der Waals surface area contributed by atoms with Crippen LogP contribution in [0.1, 0.15) is 59.8 Å². The maximum atomic E-state index is 12.8. The van der Waals surface area contributed by atoms with Gasteiger partial charge in [-0.1, -0.05) is 13.8 Å². The van der Waals surface area contributed by atoms with Crippen LogP contribution < -0.4 is 0 Å². The quantitative estimate of drug-likeness (QED) is 0.775. The van der Waals surface area contributed by atoms with Crippen LogP contribution in [0.4, 0.5) is 0 Å². The summed E-state index contributed by atoms with van der Waals surface area (Å²) in [4.78, 5) is 17.6. The maximum Gasteiger partial charge on any atom is 0.226 e. The Morgan fingerprint density at radius 1 is 1.10 bits per heavy atom. The molecule has 0 aromatic carbocycles. The number of amides is 1. The van der Waals surface area contributed by atoms with Crippen LogP contribution in [0.15, 0.2) is 0 Å². The van der Waals surface area contributed by atoms with Crippen molar-refractivity contribution in [3.63, 3.8) is 0 Å². The number of carbonyl (C=O) groups excluding carboxylic acids is 1. The van der Waals surface area contributed by atoms with Gasteiger partial charge in [0.1, 0.15) is 0 Å². The van der Waals surface area contributed by atoms with Crippen molar-refractivity contribution in [2.45, 2.75) is 77.9 Å². The molecule has 3 heterocycles. The molecule has 4 rings (SSSR count). The zero-order chi connectivity index (χ0) is 14.5. The number of carbonyl (C=O) groups is 1. The van der Waals surface area contributed by atoms with E-state index in [0.717, 1.165) is 25.9 Å². The molecule has 1 aliphatic carbocycles. The molecule has 3 saturated heterocycles. The number of piperidine rings is 1. The normalized spacial score (nSPS) is 34.1. The lowest BCUT2D eigenvalue weighted by molar-refractivity contribution is -0.161. The number of piperazine rings is 1. The van der Waals surface area contributed by atoms with Gasteiger partial charge < -0.3 is 4.90 Å². The van der Waals surface area contributed by atoms with Crippen LogP contribution in [0.2, 0.25) is 0 Å². The third kappa shape index (κ3) is 2.49. The van der Waals surface area contributed by atoms with Gasteiger partial charge in [-0.3, -0.25) is 9.69 Å². The Hall–Kier alpha value is -0.570. The smallest absolute Gasteiger partial charge is 0.226 e. The predicted octanol–water partition coefficient (Wildman–Crippen LogP) is 2.90. The molecule has 1 amide bonds. The van der Waals surface area contributed by atoms with E-state index < -0.39 is 0 Å². The Morgan fingerprint density at radius 3 is 2.15 bits per heavy atom. The summed E-state index contributed by atoms with van der Waals surface area (Å²) in [6.07, 6.45) is 5.88. The van der Waals surface area contributed by atoms with E-state index >= 15 is 0 Å². The van der Waals surface area contributed by atoms with Crippen LogP contribution >= 0.6 is 0 Å². The molecular weight excluding hydrogens is 248 g/mol. The van der Waals surface area contributed by atoms with Gasteiger partial charge in [0.25, 0.3) is 0 Å². The molecule has 4 aliphatic rings. The zero-order valence-electron chi connectivity index (χ0n) is 13.6. The average molecular weight is 278 g/mol. The number of hydrogen-bond acceptors (Lipinski definition) is 2. The highest BCUT2D eigenvalue weighted by Crippen LogP contribution is 2.41. The van der Waals surface area contributed by atoms with Gasteiger partial charge in [-0.2, -0.15) is 0 Å². The highest BCUT2D eigenvalue weighted by Gasteiger charge is 2.49. The van der Waals surface area contributed by atoms with E-state index in [-0.39, 0.29) is 0 Å². The number of nitrogens with zero attached hydrogens (tertiary/aromatic N) is 2. The Kier molecular flexibility index (Phi) is 3.60. The third-order valence-electron chi connectivity index (χ3n) is 5.89. The van der Waals surface area contributed by atoms with E-state index in [1.807, 2.05) is 0 Å². The molecule has 0 aromatic heterocycles. The first-order valence-electron chi connectivity index (χ1n) is 8.43. The first kappa shape index (κ1) is 14.4. The summed E-state index contributed by atoms with van der Waals surface area (Å²) in [5.74, 6) is 0.795. The number of rotatable bonds is 2. The van der Waals surface area contributed by atoms with Crippen molar-refractivity contribution in [1.29, 1.82) is 0 Å². The average Bonchev–Trinajstić information content (AvgIpc) is 2.38. The molecule has 3 aliphatic heterocycles. The van der Waals surface area contributed by atoms with E-state index in [9.17, 15) is 4.79 Å². The highest BCUT2D eigenvalue weighted by atomic mass is 16.2. The van der Waals surface area contributed by atoms with Crippen molar-refractivity contribution in [1.82, 2.24) is 9.80 Å². The summed E-state index contributed by atoms with van der Waals surface area (Å²) >= 11 is 0. The molecule has 2 atom stereocenters. The van der Waals surface area contributed by atoms with E-state index in [0.29, 0.717) is 35.4 Å². The summed E-state index contributed by atoms with van der Waals surface area (Å²) in [7, 11) is 0. The van der Waals surface area contributed by atoms with Crippen LogP contribution in [-0.2, 0) is 4.79 Å². The largest absolute Gasteiger partial charge is 0.334 e. The van der Waals surface area contributed by atoms with Gasteiger partial charge in [-0.25, -0.2) is 0 Å². The second kappa shape index (κ2) is 5.01. The Balaban J connectivity index is 1.58. The molecule has 114 valence electrons. The van der Waals surface area contributed by atoms with Crippen LogP contribution in [0, 0.1) is 11.3 Å². The minimum atomic E-state index is 0.318. The van der Waals surface area contributed by atoms with Gasteiger partial charge in [0, 0.05) is 37.1 Å². The van der Waals surface area contributed by atoms with Crippen molar-refractivity contribution >= 4 is 5.91 Å². The van der Waals surface area contributed by atoms with Crippen LogP contribution in [0.3, 0.4) is 0 Å². The maximum absolute atomic E-state index is 12.8. The van der Waals surface area contributed by atoms with E-state index in [2.05, 4.69) is 37.5 Å². The van der Waals surface area contributed by atoms with E-state index in [1.54, 1.807) is 0 Å². The van der Waals surface area contributed by atoms with Crippen molar-refractivity contribution < 1.29 is 4.79 Å². The topological polar surface area (TPSA) is 23.6 Å². The van der Waals surface area contributed by atoms with Crippen LogP contribution in [-0.4, -0.2) is 46.9 Å². The minimum Gasteiger partial charge on any atom is -0.334 e. The molecule has 0 aromatic rings. The van der Waals surface area contributed by atoms with Gasteiger partial charge in [0.05, 0.1) is 0 Å². The number of hydrogen-bond donors (Lipinski definition) is 0. The lowest BCUT2D eigenvalue weighted by Gasteiger charge is -2.58. The molecule has 0 radical (unpaired) electrons. The molecule has 3 nitrogen and oxygen atoms in total. The van der Waals surface area contributed by atoms with Gasteiger partial charge in [0.15, 0.2) is 0 Å². The van der Waals surface area contributed by atoms with Gasteiger partial charge in [-0.15, -0.1) is 0 Å². The number of fused-ring (bicyclic) bond motifs is 2. The summed E-state index contributed by atoms with van der Waals surface area (Å²) in [6, 6.07) is 1.64. The standard InChI is InChI=1S/C17H30N2O/c1-12(2)18-10-14-9-15(11-18)19(14)16(20)13-5-7-17(3,4)8-6-13/h12-15H,5-11H2,1-4H3. The molecule has 20 heavy (non-hydrogen) atoms.